The molecule has 0 aliphatic heterocycles. The van der Waals surface area contributed by atoms with Crippen LogP contribution in [-0.4, -0.2) is 47.4 Å². The molecule has 0 aromatic rings. The van der Waals surface area contributed by atoms with Crippen LogP contribution < -0.4 is 0 Å². The molecule has 0 spiro atoms. The molecule has 0 fully saturated rings. The predicted molar refractivity (Wildman–Crippen MR) is 122 cm³/mol. The van der Waals surface area contributed by atoms with E-state index in [0.717, 1.165) is 26.4 Å². The van der Waals surface area contributed by atoms with Gasteiger partial charge in [0.15, 0.2) is 0 Å². The van der Waals surface area contributed by atoms with E-state index in [1.807, 2.05) is 0 Å². The molecule has 0 saturated carbocycles. The van der Waals surface area contributed by atoms with Gasteiger partial charge in [0.1, 0.15) is 0 Å². The zero-order chi connectivity index (χ0) is 19.7. The number of unbranched alkanes of at least 4 members (excludes halogenated alkanes) is 14. The van der Waals surface area contributed by atoms with E-state index in [9.17, 15) is 0 Å². The van der Waals surface area contributed by atoms with Crippen LogP contribution in [0.25, 0.3) is 0 Å². The van der Waals surface area contributed by atoms with Gasteiger partial charge in [0, 0.05) is 0 Å². The summed E-state index contributed by atoms with van der Waals surface area (Å²) in [6.07, 6.45) is 22.8. The molecule has 0 aromatic heterocycles. The van der Waals surface area contributed by atoms with Crippen LogP contribution in [0.3, 0.4) is 0 Å². The number of rotatable bonds is 24. The average molecular weight is 498 g/mol. The Balaban J connectivity index is 2.95. The standard InChI is InChI=1S/C24H50O2Te/c1-3-25-21-17-13-9-5-7-11-15-19-23-27-24-20-16-12-8-6-10-14-18-22-26-4-2/h3-24H2,1-2H3. The maximum absolute atomic E-state index is 5.38. The van der Waals surface area contributed by atoms with E-state index < -0.39 is 0 Å². The van der Waals surface area contributed by atoms with Gasteiger partial charge in [-0.25, -0.2) is 0 Å². The number of hydrogen-bond donors (Lipinski definition) is 0. The molecule has 0 aliphatic rings. The molecule has 0 unspecified atom stereocenters. The van der Waals surface area contributed by atoms with Gasteiger partial charge in [0.2, 0.25) is 0 Å². The number of hydrogen-bond acceptors (Lipinski definition) is 2. The normalized spacial score (nSPS) is 11.3. The summed E-state index contributed by atoms with van der Waals surface area (Å²) in [5, 5.41) is 0. The van der Waals surface area contributed by atoms with Crippen LogP contribution in [0.5, 0.6) is 0 Å². The molecular formula is C24H50O2Te. The van der Waals surface area contributed by atoms with Crippen LogP contribution in [0.2, 0.25) is 8.94 Å². The van der Waals surface area contributed by atoms with Crippen LogP contribution >= 0.6 is 0 Å². The molecule has 0 heterocycles. The molecule has 0 bridgehead atoms. The molecule has 0 saturated heterocycles. The van der Waals surface area contributed by atoms with Crippen LogP contribution in [0.1, 0.15) is 117 Å². The zero-order valence-electron chi connectivity index (χ0n) is 18.8. The van der Waals surface area contributed by atoms with E-state index in [1.165, 1.54) is 103 Å². The van der Waals surface area contributed by atoms with Crippen molar-refractivity contribution in [3.05, 3.63) is 0 Å². The molecule has 0 radical (unpaired) electrons. The molecule has 0 atom stereocenters. The third-order valence-electron chi connectivity index (χ3n) is 5.06. The Kier molecular flexibility index (Phi) is 27.4. The summed E-state index contributed by atoms with van der Waals surface area (Å²) < 4.78 is 13.9. The van der Waals surface area contributed by atoms with E-state index >= 15 is 0 Å². The summed E-state index contributed by atoms with van der Waals surface area (Å²) in [6.45, 7) is 7.85. The summed E-state index contributed by atoms with van der Waals surface area (Å²) in [4.78, 5) is 0. The fourth-order valence-electron chi connectivity index (χ4n) is 3.33. The first kappa shape index (κ1) is 27.7. The minimum atomic E-state index is 0.348. The quantitative estimate of drug-likeness (QED) is 0.0998. The Labute approximate surface area is 182 Å². The maximum atomic E-state index is 5.38. The number of ether oxygens (including phenoxy) is 2. The van der Waals surface area contributed by atoms with Gasteiger partial charge < -0.3 is 0 Å². The van der Waals surface area contributed by atoms with Crippen molar-refractivity contribution in [3.8, 4) is 0 Å². The van der Waals surface area contributed by atoms with Crippen molar-refractivity contribution in [1.29, 1.82) is 0 Å². The second-order valence-corrected chi connectivity index (χ2v) is 11.2. The van der Waals surface area contributed by atoms with Crippen LogP contribution in [0.4, 0.5) is 0 Å². The SMILES string of the molecule is CCOCCCCCCCCCC[Te]CCCCCCCCCCOCC. The predicted octanol–water partition coefficient (Wildman–Crippen LogP) is 7.84. The third-order valence-corrected chi connectivity index (χ3v) is 8.36. The van der Waals surface area contributed by atoms with Gasteiger partial charge >= 0.3 is 168 Å². The van der Waals surface area contributed by atoms with Gasteiger partial charge in [-0.05, 0) is 13.8 Å². The second kappa shape index (κ2) is 26.7. The molecule has 0 amide bonds. The fraction of sp³-hybridized carbons (Fsp3) is 1.00. The third kappa shape index (κ3) is 26.7. The minimum Gasteiger partial charge on any atom is -0.0416 e. The Hall–Kier alpha value is 0.710. The summed E-state index contributed by atoms with van der Waals surface area (Å²) in [5.41, 5.74) is 0. The molecule has 0 N–H and O–H groups in total. The summed E-state index contributed by atoms with van der Waals surface area (Å²) in [7, 11) is 0. The first-order valence-corrected chi connectivity index (χ1v) is 15.4. The van der Waals surface area contributed by atoms with Gasteiger partial charge in [-0.3, -0.25) is 0 Å². The van der Waals surface area contributed by atoms with Gasteiger partial charge in [-0.1, -0.05) is 0 Å². The van der Waals surface area contributed by atoms with E-state index in [0.29, 0.717) is 20.9 Å². The Bertz CT molecular complexity index is 225. The van der Waals surface area contributed by atoms with Crippen molar-refractivity contribution in [2.75, 3.05) is 26.4 Å². The Morgan fingerprint density at radius 2 is 0.704 bits per heavy atom. The van der Waals surface area contributed by atoms with Crippen molar-refractivity contribution in [1.82, 2.24) is 0 Å². The zero-order valence-corrected chi connectivity index (χ0v) is 21.1. The molecule has 164 valence electrons. The fourth-order valence-corrected chi connectivity index (χ4v) is 6.24. The van der Waals surface area contributed by atoms with E-state index in [1.54, 1.807) is 8.94 Å². The van der Waals surface area contributed by atoms with E-state index in [-0.39, 0.29) is 0 Å². The van der Waals surface area contributed by atoms with E-state index in [2.05, 4.69) is 13.8 Å². The minimum absolute atomic E-state index is 0.348. The molecule has 2 nitrogen and oxygen atoms in total. The van der Waals surface area contributed by atoms with Crippen LogP contribution in [-0.2, 0) is 9.47 Å². The van der Waals surface area contributed by atoms with Gasteiger partial charge in [-0.2, -0.15) is 0 Å². The van der Waals surface area contributed by atoms with Crippen molar-refractivity contribution in [2.24, 2.45) is 0 Å². The molecule has 0 rings (SSSR count). The monoisotopic (exact) mass is 500 g/mol. The Morgan fingerprint density at radius 3 is 1.04 bits per heavy atom. The van der Waals surface area contributed by atoms with Gasteiger partial charge in [0.25, 0.3) is 0 Å². The van der Waals surface area contributed by atoms with Crippen molar-refractivity contribution < 1.29 is 9.47 Å². The summed E-state index contributed by atoms with van der Waals surface area (Å²) in [6, 6.07) is 0. The first-order chi connectivity index (χ1) is 13.4. The molecule has 3 heteroatoms. The smallest absolute Gasteiger partial charge is 0.0416 e. The van der Waals surface area contributed by atoms with Crippen LogP contribution in [0, 0.1) is 0 Å². The summed E-state index contributed by atoms with van der Waals surface area (Å²) in [5.74, 6) is 0. The average Bonchev–Trinajstić information content (AvgIpc) is 2.68. The van der Waals surface area contributed by atoms with Crippen molar-refractivity contribution in [2.45, 2.75) is 126 Å². The summed E-state index contributed by atoms with van der Waals surface area (Å²) >= 11 is 0.348. The topological polar surface area (TPSA) is 18.5 Å². The molecule has 0 aliphatic carbocycles. The van der Waals surface area contributed by atoms with Gasteiger partial charge in [0.05, 0.1) is 0 Å². The molecule has 27 heavy (non-hydrogen) atoms. The Morgan fingerprint density at radius 1 is 0.407 bits per heavy atom. The van der Waals surface area contributed by atoms with Crippen molar-refractivity contribution in [3.63, 3.8) is 0 Å². The van der Waals surface area contributed by atoms with Gasteiger partial charge in [-0.15, -0.1) is 0 Å². The van der Waals surface area contributed by atoms with Crippen molar-refractivity contribution >= 4 is 20.9 Å². The second-order valence-electron chi connectivity index (χ2n) is 7.66. The molecular weight excluding hydrogens is 448 g/mol. The molecule has 0 aromatic carbocycles. The first-order valence-electron chi connectivity index (χ1n) is 12.1. The van der Waals surface area contributed by atoms with Crippen LogP contribution in [0.15, 0.2) is 0 Å². The van der Waals surface area contributed by atoms with E-state index in [4.69, 9.17) is 9.47 Å².